The van der Waals surface area contributed by atoms with Crippen molar-refractivity contribution in [2.45, 2.75) is 12.5 Å². The summed E-state index contributed by atoms with van der Waals surface area (Å²) in [6.07, 6.45) is 0.819. The Morgan fingerprint density at radius 1 is 1.03 bits per heavy atom. The Kier molecular flexibility index (Phi) is 5.55. The van der Waals surface area contributed by atoms with Crippen molar-refractivity contribution in [1.29, 1.82) is 0 Å². The molecule has 1 aromatic heterocycles. The first-order valence-corrected chi connectivity index (χ1v) is 9.55. The van der Waals surface area contributed by atoms with Crippen LogP contribution in [0.5, 0.6) is 5.75 Å². The fourth-order valence-corrected chi connectivity index (χ4v) is 3.60. The first-order chi connectivity index (χ1) is 14.2. The molecule has 0 amide bonds. The lowest BCUT2D eigenvalue weighted by molar-refractivity contribution is 0.256. The lowest BCUT2D eigenvalue weighted by Gasteiger charge is -2.36. The lowest BCUT2D eigenvalue weighted by Crippen LogP contribution is -2.38. The minimum atomic E-state index is -0.259. The molecule has 4 N–H and O–H groups in total. The van der Waals surface area contributed by atoms with Gasteiger partial charge in [-0.25, -0.2) is 0 Å². The van der Waals surface area contributed by atoms with E-state index in [9.17, 15) is 10.2 Å². The van der Waals surface area contributed by atoms with E-state index in [-0.39, 0.29) is 25.0 Å². The van der Waals surface area contributed by atoms with Crippen LogP contribution in [0.25, 0.3) is 11.4 Å². The fourth-order valence-electron chi connectivity index (χ4n) is 3.60. The van der Waals surface area contributed by atoms with Crippen LogP contribution >= 0.6 is 0 Å². The molecule has 4 rings (SSSR count). The van der Waals surface area contributed by atoms with E-state index < -0.39 is 0 Å². The van der Waals surface area contributed by atoms with Gasteiger partial charge in [0.15, 0.2) is 5.82 Å². The van der Waals surface area contributed by atoms with Gasteiger partial charge in [0.2, 0.25) is 11.9 Å². The van der Waals surface area contributed by atoms with E-state index in [2.05, 4.69) is 26.3 Å². The molecule has 0 spiro atoms. The van der Waals surface area contributed by atoms with Gasteiger partial charge in [-0.05, 0) is 29.7 Å². The molecule has 1 unspecified atom stereocenters. The van der Waals surface area contributed by atoms with Crippen LogP contribution in [-0.2, 0) is 6.42 Å². The lowest BCUT2D eigenvalue weighted by atomic mass is 9.93. The number of nitrogens with zero attached hydrogens (tertiary/aromatic N) is 4. The van der Waals surface area contributed by atoms with Crippen molar-refractivity contribution in [3.8, 4) is 17.1 Å². The number of aliphatic hydroxyl groups is 2. The predicted octanol–water partition coefficient (Wildman–Crippen LogP) is 1.74. The Balaban J connectivity index is 1.77. The van der Waals surface area contributed by atoms with E-state index >= 15 is 0 Å². The smallest absolute Gasteiger partial charge is 0.231 e. The number of benzene rings is 2. The van der Waals surface area contributed by atoms with E-state index in [1.165, 1.54) is 5.56 Å². The van der Waals surface area contributed by atoms with Crippen molar-refractivity contribution < 1.29 is 15.3 Å². The van der Waals surface area contributed by atoms with Gasteiger partial charge in [-0.15, -0.1) is 0 Å². The maximum atomic E-state index is 10.1. The summed E-state index contributed by atoms with van der Waals surface area (Å²) < 4.78 is 0. The largest absolute Gasteiger partial charge is 0.508 e. The monoisotopic (exact) mass is 393 g/mol. The van der Waals surface area contributed by atoms with Gasteiger partial charge < -0.3 is 25.5 Å². The van der Waals surface area contributed by atoms with Crippen LogP contribution in [0, 0.1) is 0 Å². The normalized spacial score (nSPS) is 15.8. The van der Waals surface area contributed by atoms with E-state index in [0.717, 1.165) is 12.0 Å². The molecule has 0 radical (unpaired) electrons. The molecule has 2 aromatic carbocycles. The van der Waals surface area contributed by atoms with Gasteiger partial charge in [-0.3, -0.25) is 0 Å². The second-order valence-corrected chi connectivity index (χ2v) is 6.82. The highest BCUT2D eigenvalue weighted by Gasteiger charge is 2.29. The number of nitrogens with one attached hydrogen (secondary N) is 1. The number of aromatic nitrogens is 3. The Morgan fingerprint density at radius 3 is 2.69 bits per heavy atom. The number of hydrogen-bond acceptors (Lipinski definition) is 8. The molecule has 1 aliphatic heterocycles. The fraction of sp³-hybridized carbons (Fsp3) is 0.286. The number of anilines is 2. The van der Waals surface area contributed by atoms with Crippen molar-refractivity contribution in [3.63, 3.8) is 0 Å². The van der Waals surface area contributed by atoms with Crippen LogP contribution in [0.4, 0.5) is 11.9 Å². The van der Waals surface area contributed by atoms with Gasteiger partial charge in [-0.2, -0.15) is 15.0 Å². The number of phenolic OH excluding ortho intramolecular Hbond substituents is 1. The van der Waals surface area contributed by atoms with Crippen molar-refractivity contribution in [1.82, 2.24) is 15.0 Å². The van der Waals surface area contributed by atoms with Gasteiger partial charge in [0.05, 0.1) is 19.3 Å². The van der Waals surface area contributed by atoms with Crippen molar-refractivity contribution in [3.05, 3.63) is 59.7 Å². The van der Waals surface area contributed by atoms with Gasteiger partial charge >= 0.3 is 0 Å². The highest BCUT2D eigenvalue weighted by Crippen LogP contribution is 2.33. The summed E-state index contributed by atoms with van der Waals surface area (Å²) in [5.41, 5.74) is 2.92. The zero-order chi connectivity index (χ0) is 20.2. The summed E-state index contributed by atoms with van der Waals surface area (Å²) >= 11 is 0. The van der Waals surface area contributed by atoms with E-state index in [0.29, 0.717) is 36.4 Å². The molecule has 29 heavy (non-hydrogen) atoms. The Bertz CT molecular complexity index is 998. The molecular formula is C21H23N5O3. The topological polar surface area (TPSA) is 115 Å². The molecule has 0 bridgehead atoms. The van der Waals surface area contributed by atoms with Gasteiger partial charge in [0.25, 0.3) is 0 Å². The molecule has 0 saturated carbocycles. The summed E-state index contributed by atoms with van der Waals surface area (Å²) in [5, 5.41) is 32.1. The maximum absolute atomic E-state index is 10.1. The van der Waals surface area contributed by atoms with Crippen molar-refractivity contribution >= 4 is 11.9 Å². The Morgan fingerprint density at radius 2 is 1.90 bits per heavy atom. The van der Waals surface area contributed by atoms with Crippen molar-refractivity contribution in [2.75, 3.05) is 36.5 Å². The second kappa shape index (κ2) is 8.42. The minimum absolute atomic E-state index is 0.0567. The van der Waals surface area contributed by atoms with Crippen LogP contribution in [-0.4, -0.2) is 56.6 Å². The maximum Gasteiger partial charge on any atom is 0.231 e. The number of aliphatic hydroxyl groups excluding tert-OH is 2. The highest BCUT2D eigenvalue weighted by atomic mass is 16.3. The van der Waals surface area contributed by atoms with E-state index in [1.54, 1.807) is 18.2 Å². The molecule has 0 saturated heterocycles. The number of hydrogen-bond donors (Lipinski definition) is 4. The van der Waals surface area contributed by atoms with Gasteiger partial charge in [0.1, 0.15) is 5.75 Å². The van der Waals surface area contributed by atoms with Crippen LogP contribution in [0.15, 0.2) is 48.5 Å². The third-order valence-electron chi connectivity index (χ3n) is 4.97. The third kappa shape index (κ3) is 3.98. The first-order valence-electron chi connectivity index (χ1n) is 9.55. The Labute approximate surface area is 168 Å². The summed E-state index contributed by atoms with van der Waals surface area (Å²) in [6, 6.07) is 14.5. The number of fused-ring (bicyclic) bond motifs is 1. The summed E-state index contributed by atoms with van der Waals surface area (Å²) in [5.74, 6) is 1.29. The van der Waals surface area contributed by atoms with Crippen LogP contribution in [0.2, 0.25) is 0 Å². The predicted molar refractivity (Wildman–Crippen MR) is 110 cm³/mol. The second-order valence-electron chi connectivity index (χ2n) is 6.82. The number of aromatic hydroxyl groups is 1. The van der Waals surface area contributed by atoms with Crippen LogP contribution in [0.1, 0.15) is 17.2 Å². The zero-order valence-electron chi connectivity index (χ0n) is 15.9. The number of rotatable bonds is 6. The summed E-state index contributed by atoms with van der Waals surface area (Å²) in [4.78, 5) is 15.5. The molecule has 8 nitrogen and oxygen atoms in total. The number of phenols is 1. The molecule has 0 fully saturated rings. The molecule has 1 atom stereocenters. The van der Waals surface area contributed by atoms with E-state index in [4.69, 9.17) is 5.11 Å². The van der Waals surface area contributed by atoms with Crippen LogP contribution < -0.4 is 10.2 Å². The molecule has 8 heteroatoms. The molecule has 150 valence electrons. The Hall–Kier alpha value is -3.23. The molecule has 0 aliphatic carbocycles. The quantitative estimate of drug-likeness (QED) is 0.501. The van der Waals surface area contributed by atoms with Gasteiger partial charge in [-0.1, -0.05) is 36.4 Å². The van der Waals surface area contributed by atoms with Crippen LogP contribution in [0.3, 0.4) is 0 Å². The van der Waals surface area contributed by atoms with Crippen molar-refractivity contribution in [2.24, 2.45) is 0 Å². The zero-order valence-corrected chi connectivity index (χ0v) is 15.9. The molecule has 1 aliphatic rings. The minimum Gasteiger partial charge on any atom is -0.508 e. The third-order valence-corrected chi connectivity index (χ3v) is 4.97. The molecule has 2 heterocycles. The SMILES string of the molecule is OCCNc1nc(-c2cccc(O)c2)nc(N2CCc3ccccc3C2CO)n1. The first kappa shape index (κ1) is 19.1. The summed E-state index contributed by atoms with van der Waals surface area (Å²) in [7, 11) is 0. The van der Waals surface area contributed by atoms with E-state index in [1.807, 2.05) is 29.2 Å². The summed E-state index contributed by atoms with van der Waals surface area (Å²) in [6.45, 7) is 0.836. The average molecular weight is 393 g/mol. The van der Waals surface area contributed by atoms with Gasteiger partial charge in [0, 0.05) is 18.7 Å². The molecule has 3 aromatic rings. The highest BCUT2D eigenvalue weighted by molar-refractivity contribution is 5.60. The average Bonchev–Trinajstić information content (AvgIpc) is 2.76. The standard InChI is InChI=1S/C21H23N5O3/c27-11-9-22-20-23-19(15-5-3-6-16(29)12-15)24-21(25-20)26-10-8-14-4-1-2-7-17(14)18(26)13-28/h1-7,12,18,27-29H,8-11,13H2,(H,22,23,24,25). The molecular weight excluding hydrogens is 370 g/mol.